The summed E-state index contributed by atoms with van der Waals surface area (Å²) in [5.41, 5.74) is 1.13. The molecule has 0 aliphatic carbocycles. The minimum Gasteiger partial charge on any atom is -0.384 e. The fourth-order valence-electron chi connectivity index (χ4n) is 2.56. The molecule has 0 aromatic heterocycles. The molecule has 0 radical (unpaired) electrons. The lowest BCUT2D eigenvalue weighted by molar-refractivity contribution is 0.00110. The van der Waals surface area contributed by atoms with E-state index >= 15 is 0 Å². The Morgan fingerprint density at radius 3 is 2.90 bits per heavy atom. The molecule has 1 unspecified atom stereocenters. The summed E-state index contributed by atoms with van der Waals surface area (Å²) in [7, 11) is 0. The van der Waals surface area contributed by atoms with Crippen LogP contribution < -0.4 is 5.32 Å². The Bertz CT molecular complexity index is 383. The Kier molecular flexibility index (Phi) is 6.64. The number of piperidine rings is 1. The summed E-state index contributed by atoms with van der Waals surface area (Å²) in [5, 5.41) is 4.22. The first kappa shape index (κ1) is 15.6. The van der Waals surface area contributed by atoms with Crippen LogP contribution in [0.25, 0.3) is 0 Å². The van der Waals surface area contributed by atoms with Crippen molar-refractivity contribution < 1.29 is 4.74 Å². The first-order chi connectivity index (χ1) is 9.78. The van der Waals surface area contributed by atoms with Gasteiger partial charge in [0.1, 0.15) is 0 Å². The maximum atomic E-state index is 5.88. The minimum atomic E-state index is 0.430. The molecule has 20 heavy (non-hydrogen) atoms. The van der Waals surface area contributed by atoms with E-state index in [1.807, 2.05) is 24.3 Å². The predicted molar refractivity (Wildman–Crippen MR) is 85.6 cm³/mol. The van der Waals surface area contributed by atoms with Gasteiger partial charge in [-0.05, 0) is 50.1 Å². The number of nitrogens with zero attached hydrogens (tertiary/aromatic N) is 1. The van der Waals surface area contributed by atoms with E-state index in [0.29, 0.717) is 6.10 Å². The van der Waals surface area contributed by atoms with Gasteiger partial charge in [0.2, 0.25) is 0 Å². The molecule has 4 heteroatoms. The third kappa shape index (κ3) is 5.31. The van der Waals surface area contributed by atoms with Crippen LogP contribution in [0.3, 0.4) is 0 Å². The van der Waals surface area contributed by atoms with Crippen molar-refractivity contribution in [1.82, 2.24) is 4.90 Å². The molecule has 1 atom stereocenters. The molecule has 0 spiro atoms. The number of nitrogens with one attached hydrogen (secondary N) is 1. The van der Waals surface area contributed by atoms with Crippen LogP contribution in [0.5, 0.6) is 0 Å². The standard InChI is InChI=1S/C16H25ClN2O/c1-2-12-20-16-4-3-10-19(13-16)11-9-18-15-7-5-14(17)6-8-15/h5-8,16,18H,2-4,9-13H2,1H3. The normalized spacial score (nSPS) is 20.0. The van der Waals surface area contributed by atoms with Gasteiger partial charge in [-0.2, -0.15) is 0 Å². The van der Waals surface area contributed by atoms with E-state index in [9.17, 15) is 0 Å². The largest absolute Gasteiger partial charge is 0.384 e. The van der Waals surface area contributed by atoms with Crippen molar-refractivity contribution >= 4 is 17.3 Å². The lowest BCUT2D eigenvalue weighted by Gasteiger charge is -2.32. The Morgan fingerprint density at radius 2 is 2.15 bits per heavy atom. The molecule has 1 N–H and O–H groups in total. The summed E-state index contributed by atoms with van der Waals surface area (Å²) >= 11 is 5.88. The Balaban J connectivity index is 1.67. The third-order valence-electron chi connectivity index (χ3n) is 3.62. The lowest BCUT2D eigenvalue weighted by Crippen LogP contribution is -2.41. The summed E-state index contributed by atoms with van der Waals surface area (Å²) < 4.78 is 5.86. The van der Waals surface area contributed by atoms with Gasteiger partial charge >= 0.3 is 0 Å². The van der Waals surface area contributed by atoms with Crippen molar-refractivity contribution in [2.75, 3.05) is 38.1 Å². The topological polar surface area (TPSA) is 24.5 Å². The van der Waals surface area contributed by atoms with E-state index < -0.39 is 0 Å². The highest BCUT2D eigenvalue weighted by molar-refractivity contribution is 6.30. The van der Waals surface area contributed by atoms with Gasteiger partial charge in [0, 0.05) is 37.0 Å². The van der Waals surface area contributed by atoms with Crippen molar-refractivity contribution in [2.45, 2.75) is 32.3 Å². The smallest absolute Gasteiger partial charge is 0.0702 e. The van der Waals surface area contributed by atoms with Crippen LogP contribution >= 0.6 is 11.6 Å². The second-order valence-corrected chi connectivity index (χ2v) is 5.81. The number of rotatable bonds is 7. The van der Waals surface area contributed by atoms with Crippen molar-refractivity contribution in [3.63, 3.8) is 0 Å². The van der Waals surface area contributed by atoms with Crippen LogP contribution in [0.2, 0.25) is 5.02 Å². The van der Waals surface area contributed by atoms with Gasteiger partial charge < -0.3 is 10.1 Å². The van der Waals surface area contributed by atoms with Crippen molar-refractivity contribution in [3.8, 4) is 0 Å². The number of halogens is 1. The average Bonchev–Trinajstić information content (AvgIpc) is 2.48. The van der Waals surface area contributed by atoms with Gasteiger partial charge in [-0.25, -0.2) is 0 Å². The van der Waals surface area contributed by atoms with E-state index in [-0.39, 0.29) is 0 Å². The van der Waals surface area contributed by atoms with E-state index in [4.69, 9.17) is 16.3 Å². The van der Waals surface area contributed by atoms with Crippen LogP contribution in [0.15, 0.2) is 24.3 Å². The molecule has 0 saturated carbocycles. The van der Waals surface area contributed by atoms with Crippen LogP contribution in [0, 0.1) is 0 Å². The highest BCUT2D eigenvalue weighted by Crippen LogP contribution is 2.15. The summed E-state index contributed by atoms with van der Waals surface area (Å²) in [6.07, 6.45) is 3.99. The number of anilines is 1. The molecule has 112 valence electrons. The Morgan fingerprint density at radius 1 is 1.35 bits per heavy atom. The first-order valence-corrected chi connectivity index (χ1v) is 7.99. The zero-order chi connectivity index (χ0) is 14.2. The van der Waals surface area contributed by atoms with E-state index in [1.165, 1.54) is 19.4 Å². The van der Waals surface area contributed by atoms with Gasteiger partial charge in [-0.15, -0.1) is 0 Å². The zero-order valence-corrected chi connectivity index (χ0v) is 13.0. The van der Waals surface area contributed by atoms with Crippen molar-refractivity contribution in [2.24, 2.45) is 0 Å². The van der Waals surface area contributed by atoms with Crippen molar-refractivity contribution in [1.29, 1.82) is 0 Å². The molecule has 0 bridgehead atoms. The van der Waals surface area contributed by atoms with Crippen molar-refractivity contribution in [3.05, 3.63) is 29.3 Å². The summed E-state index contributed by atoms with van der Waals surface area (Å²) in [5.74, 6) is 0. The third-order valence-corrected chi connectivity index (χ3v) is 3.87. The van der Waals surface area contributed by atoms with Crippen LogP contribution in [-0.2, 0) is 4.74 Å². The Hall–Kier alpha value is -0.770. The first-order valence-electron chi connectivity index (χ1n) is 7.61. The molecule has 3 nitrogen and oxygen atoms in total. The highest BCUT2D eigenvalue weighted by Gasteiger charge is 2.19. The molecule has 1 heterocycles. The summed E-state index contributed by atoms with van der Waals surface area (Å²) in [6, 6.07) is 7.87. The van der Waals surface area contributed by atoms with Gasteiger partial charge in [0.25, 0.3) is 0 Å². The minimum absolute atomic E-state index is 0.430. The molecule has 1 aromatic rings. The lowest BCUT2D eigenvalue weighted by atomic mass is 10.1. The number of ether oxygens (including phenoxy) is 1. The molecule has 2 rings (SSSR count). The maximum absolute atomic E-state index is 5.88. The predicted octanol–water partition coefficient (Wildman–Crippen LogP) is 3.64. The molecule has 1 fully saturated rings. The van der Waals surface area contributed by atoms with Crippen LogP contribution in [-0.4, -0.2) is 43.8 Å². The quantitative estimate of drug-likeness (QED) is 0.831. The Labute approximate surface area is 127 Å². The number of benzene rings is 1. The van der Waals surface area contributed by atoms with Gasteiger partial charge in [-0.3, -0.25) is 4.90 Å². The van der Waals surface area contributed by atoms with E-state index in [0.717, 1.165) is 43.4 Å². The molecular weight excluding hydrogens is 272 g/mol. The molecule has 0 amide bonds. The van der Waals surface area contributed by atoms with Crippen LogP contribution in [0.4, 0.5) is 5.69 Å². The summed E-state index contributed by atoms with van der Waals surface area (Å²) in [6.45, 7) is 7.34. The SMILES string of the molecule is CCCOC1CCCN(CCNc2ccc(Cl)cc2)C1. The highest BCUT2D eigenvalue weighted by atomic mass is 35.5. The van der Waals surface area contributed by atoms with Gasteiger partial charge in [-0.1, -0.05) is 18.5 Å². The monoisotopic (exact) mass is 296 g/mol. The summed E-state index contributed by atoms with van der Waals surface area (Å²) in [4.78, 5) is 2.49. The van der Waals surface area contributed by atoms with Gasteiger partial charge in [0.05, 0.1) is 6.10 Å². The second kappa shape index (κ2) is 8.50. The fraction of sp³-hybridized carbons (Fsp3) is 0.625. The number of hydrogen-bond donors (Lipinski definition) is 1. The molecule has 1 aliphatic rings. The number of likely N-dealkylation sites (tertiary alicyclic amines) is 1. The second-order valence-electron chi connectivity index (χ2n) is 5.37. The van der Waals surface area contributed by atoms with E-state index in [1.54, 1.807) is 0 Å². The maximum Gasteiger partial charge on any atom is 0.0702 e. The zero-order valence-electron chi connectivity index (χ0n) is 12.3. The van der Waals surface area contributed by atoms with Crippen LogP contribution in [0.1, 0.15) is 26.2 Å². The van der Waals surface area contributed by atoms with E-state index in [2.05, 4.69) is 17.1 Å². The fourth-order valence-corrected chi connectivity index (χ4v) is 2.69. The molecule has 1 saturated heterocycles. The molecule has 1 aromatic carbocycles. The average molecular weight is 297 g/mol. The number of hydrogen-bond acceptors (Lipinski definition) is 3. The molecule has 1 aliphatic heterocycles. The molecular formula is C16H25ClN2O. The van der Waals surface area contributed by atoms with Gasteiger partial charge in [0.15, 0.2) is 0 Å².